The summed E-state index contributed by atoms with van der Waals surface area (Å²) in [5, 5.41) is 7.36. The number of fused-ring (bicyclic) bond motifs is 13. The third kappa shape index (κ3) is 6.46. The second-order valence-electron chi connectivity index (χ2n) is 15.0. The van der Waals surface area contributed by atoms with E-state index in [2.05, 4.69) is 134 Å². The normalized spacial score (nSPS) is 12.3. The largest absolute Gasteiger partial charge is 0.320 e. The van der Waals surface area contributed by atoms with Crippen molar-refractivity contribution in [1.82, 2.24) is 47.3 Å². The Balaban J connectivity index is 0.000000116. The van der Waals surface area contributed by atoms with Gasteiger partial charge in [-0.3, -0.25) is 4.98 Å². The van der Waals surface area contributed by atoms with Crippen LogP contribution in [0, 0.1) is 18.2 Å². The average molecular weight is 1340 g/mol. The number of aromatic nitrogens is 10. The molecule has 62 heavy (non-hydrogen) atoms. The Morgan fingerprint density at radius 2 is 0.984 bits per heavy atom. The first-order valence-corrected chi connectivity index (χ1v) is 19.8. The van der Waals surface area contributed by atoms with Gasteiger partial charge in [-0.1, -0.05) is 52.9 Å². The standard InChI is InChI=1S/C17H12N3.C16H11N4.C16H12N3.3Ir/c1-2-7-15-13(5-1)14-6-3-4-12-8-10-19-11-9-18-17(19)20(15)16(12)14;1-2-4-14-12(3-1)13-10-17-9-11-5-7-19-8-6-18-16(19)20(14)15(11)13;1-18-11-10-17-16(18)19-14-8-4-2-6-12(14)13-7-3-5-9-15(13)19;;;/h1-6,9,11H,8,10H2;1-3,6,8-10H,5,7H2;2-8,10-11H,1H3;;;/q3*-1;;;. The fourth-order valence-electron chi connectivity index (χ4n) is 9.17. The van der Waals surface area contributed by atoms with E-state index in [9.17, 15) is 0 Å². The Kier molecular flexibility index (Phi) is 11.3. The molecule has 12 aromatic rings. The first-order chi connectivity index (χ1) is 29.2. The SMILES string of the molecule is Cn1ccnc1-n1c2[c-]cccc2c2ccccc21.[Ir].[Ir].[Ir].[c-]1cccc2c3cccc4c3n(c12)-c1nccn1CC4.[c-]1cccc2c3cncc4c3n(c12)-c1nccn1CC4. The van der Waals surface area contributed by atoms with E-state index in [1.165, 1.54) is 54.5 Å². The van der Waals surface area contributed by atoms with Gasteiger partial charge in [0.2, 0.25) is 17.8 Å². The van der Waals surface area contributed by atoms with Gasteiger partial charge in [0.25, 0.3) is 0 Å². The Hall–Kier alpha value is -5.77. The zero-order valence-electron chi connectivity index (χ0n) is 33.2. The minimum Gasteiger partial charge on any atom is -0.320 e. The van der Waals surface area contributed by atoms with Gasteiger partial charge in [0, 0.05) is 147 Å². The van der Waals surface area contributed by atoms with Gasteiger partial charge in [-0.25, -0.2) is 15.0 Å². The van der Waals surface area contributed by atoms with Gasteiger partial charge < -0.3 is 27.4 Å². The second kappa shape index (κ2) is 16.8. The molecule has 10 nitrogen and oxygen atoms in total. The summed E-state index contributed by atoms with van der Waals surface area (Å²) in [6.45, 7) is 1.91. The van der Waals surface area contributed by atoms with E-state index in [1.54, 1.807) is 0 Å². The van der Waals surface area contributed by atoms with Crippen molar-refractivity contribution in [3.8, 4) is 17.8 Å². The number of rotatable bonds is 1. The van der Waals surface area contributed by atoms with E-state index in [0.717, 1.165) is 65.8 Å². The van der Waals surface area contributed by atoms with Gasteiger partial charge in [0.1, 0.15) is 0 Å². The molecule has 0 saturated carbocycles. The molecule has 0 amide bonds. The first-order valence-electron chi connectivity index (χ1n) is 19.8. The zero-order valence-corrected chi connectivity index (χ0v) is 40.3. The fraction of sp³-hybridized carbons (Fsp3) is 0.102. The number of hydrogen-bond donors (Lipinski definition) is 0. The van der Waals surface area contributed by atoms with Crippen molar-refractivity contribution < 1.29 is 60.3 Å². The molecular weight excluding hydrogens is 1310 g/mol. The van der Waals surface area contributed by atoms with Crippen LogP contribution in [0.5, 0.6) is 0 Å². The Morgan fingerprint density at radius 3 is 1.63 bits per heavy atom. The van der Waals surface area contributed by atoms with Gasteiger partial charge in [0.15, 0.2) is 0 Å². The maximum Gasteiger partial charge on any atom is 0.212 e. The van der Waals surface area contributed by atoms with E-state index in [4.69, 9.17) is 0 Å². The van der Waals surface area contributed by atoms with Crippen molar-refractivity contribution in [2.75, 3.05) is 0 Å². The molecule has 311 valence electrons. The summed E-state index contributed by atoms with van der Waals surface area (Å²) < 4.78 is 13.1. The van der Waals surface area contributed by atoms with E-state index >= 15 is 0 Å². The van der Waals surface area contributed by atoms with Crippen molar-refractivity contribution in [3.05, 3.63) is 176 Å². The molecule has 13 heteroatoms. The summed E-state index contributed by atoms with van der Waals surface area (Å²) in [6, 6.07) is 43.5. The van der Waals surface area contributed by atoms with Crippen LogP contribution in [0.2, 0.25) is 0 Å². The van der Waals surface area contributed by atoms with E-state index in [0.29, 0.717) is 0 Å². The molecular formula is C49H35Ir3N10-3. The molecule has 2 aliphatic rings. The van der Waals surface area contributed by atoms with E-state index in [1.807, 2.05) is 85.3 Å². The van der Waals surface area contributed by atoms with Crippen molar-refractivity contribution in [1.29, 1.82) is 0 Å². The summed E-state index contributed by atoms with van der Waals surface area (Å²) in [5.74, 6) is 2.88. The van der Waals surface area contributed by atoms with Crippen LogP contribution in [0.15, 0.2) is 147 Å². The van der Waals surface area contributed by atoms with Crippen molar-refractivity contribution in [3.63, 3.8) is 0 Å². The van der Waals surface area contributed by atoms with Gasteiger partial charge in [-0.2, -0.15) is 72.8 Å². The number of nitrogens with zero attached hydrogens (tertiary/aromatic N) is 10. The minimum absolute atomic E-state index is 0. The van der Waals surface area contributed by atoms with Crippen molar-refractivity contribution in [2.45, 2.75) is 25.9 Å². The molecule has 0 fully saturated rings. The van der Waals surface area contributed by atoms with Gasteiger partial charge in [-0.15, -0.1) is 16.2 Å². The first kappa shape index (κ1) is 41.6. The topological polar surface area (TPSA) is 81.1 Å². The number of hydrogen-bond acceptors (Lipinski definition) is 4. The van der Waals surface area contributed by atoms with Crippen LogP contribution in [-0.2, 0) is 93.3 Å². The number of para-hydroxylation sites is 5. The van der Waals surface area contributed by atoms with Gasteiger partial charge in [0.05, 0.1) is 0 Å². The van der Waals surface area contributed by atoms with Crippen LogP contribution in [0.3, 0.4) is 0 Å². The Labute approximate surface area is 396 Å². The number of imidazole rings is 3. The molecule has 7 aromatic heterocycles. The van der Waals surface area contributed by atoms with Crippen LogP contribution in [0.1, 0.15) is 11.1 Å². The van der Waals surface area contributed by atoms with Crippen molar-refractivity contribution in [2.24, 2.45) is 7.05 Å². The van der Waals surface area contributed by atoms with Gasteiger partial charge in [-0.05, 0) is 46.2 Å². The molecule has 0 spiro atoms. The third-order valence-corrected chi connectivity index (χ3v) is 11.8. The number of aryl methyl sites for hydroxylation is 5. The smallest absolute Gasteiger partial charge is 0.212 e. The summed E-state index contributed by atoms with van der Waals surface area (Å²) in [6.07, 6.45) is 17.6. The molecule has 0 saturated heterocycles. The molecule has 0 bridgehead atoms. The van der Waals surface area contributed by atoms with E-state index in [-0.39, 0.29) is 60.3 Å². The Bertz CT molecular complexity index is 3350. The van der Waals surface area contributed by atoms with Crippen LogP contribution in [0.25, 0.3) is 83.3 Å². The molecule has 14 rings (SSSR count). The summed E-state index contributed by atoms with van der Waals surface area (Å²) in [4.78, 5) is 18.0. The van der Waals surface area contributed by atoms with Crippen LogP contribution in [-0.4, -0.2) is 47.3 Å². The molecule has 3 radical (unpaired) electrons. The van der Waals surface area contributed by atoms with Crippen LogP contribution < -0.4 is 0 Å². The average Bonchev–Trinajstić information content (AvgIpc) is 4.14. The number of pyridine rings is 1. The summed E-state index contributed by atoms with van der Waals surface area (Å²) in [7, 11) is 2.01. The van der Waals surface area contributed by atoms with E-state index < -0.39 is 0 Å². The molecule has 0 aliphatic carbocycles. The molecule has 5 aromatic carbocycles. The van der Waals surface area contributed by atoms with Crippen molar-refractivity contribution >= 4 is 65.4 Å². The predicted octanol–water partition coefficient (Wildman–Crippen LogP) is 9.38. The monoisotopic (exact) mass is 1340 g/mol. The van der Waals surface area contributed by atoms with Crippen LogP contribution in [0.4, 0.5) is 0 Å². The molecule has 0 atom stereocenters. The summed E-state index contributed by atoms with van der Waals surface area (Å²) >= 11 is 0. The van der Waals surface area contributed by atoms with Crippen LogP contribution >= 0.6 is 0 Å². The maximum atomic E-state index is 4.57. The summed E-state index contributed by atoms with van der Waals surface area (Å²) in [5.41, 5.74) is 9.59. The minimum atomic E-state index is 0. The Morgan fingerprint density at radius 1 is 0.468 bits per heavy atom. The maximum absolute atomic E-state index is 4.57. The second-order valence-corrected chi connectivity index (χ2v) is 15.0. The molecule has 9 heterocycles. The van der Waals surface area contributed by atoms with Gasteiger partial charge >= 0.3 is 0 Å². The predicted molar refractivity (Wildman–Crippen MR) is 232 cm³/mol. The number of benzene rings is 5. The molecule has 2 aliphatic heterocycles. The molecule has 0 N–H and O–H groups in total. The fourth-order valence-corrected chi connectivity index (χ4v) is 9.17. The zero-order chi connectivity index (χ0) is 39.0. The third-order valence-electron chi connectivity index (χ3n) is 11.8. The molecule has 0 unspecified atom stereocenters. The quantitative estimate of drug-likeness (QED) is 0.154.